The zero-order valence-electron chi connectivity index (χ0n) is 22.1. The molecule has 1 aliphatic carbocycles. The van der Waals surface area contributed by atoms with Crippen LogP contribution in [-0.2, 0) is 9.59 Å². The van der Waals surface area contributed by atoms with Crippen molar-refractivity contribution in [3.05, 3.63) is 29.8 Å². The van der Waals surface area contributed by atoms with Gasteiger partial charge in [-0.25, -0.2) is 4.98 Å². The first-order valence-corrected chi connectivity index (χ1v) is 13.4. The fourth-order valence-corrected chi connectivity index (χ4v) is 5.98. The first-order chi connectivity index (χ1) is 16.7. The van der Waals surface area contributed by atoms with Gasteiger partial charge in [-0.05, 0) is 73.3 Å². The Hall–Kier alpha value is -2.63. The molecule has 1 aromatic carbocycles. The third-order valence-electron chi connectivity index (χ3n) is 8.11. The molecule has 1 saturated carbocycles. The Morgan fingerprint density at radius 2 is 1.71 bits per heavy atom. The molecular formula is C29H42N4O2. The van der Waals surface area contributed by atoms with Gasteiger partial charge in [0.1, 0.15) is 5.82 Å². The Labute approximate surface area is 210 Å². The molecule has 190 valence electrons. The van der Waals surface area contributed by atoms with Crippen LogP contribution < -0.4 is 15.5 Å². The Bertz CT molecular complexity index is 1060. The summed E-state index contributed by atoms with van der Waals surface area (Å²) in [5, 5.41) is 7.17. The molecule has 2 amide bonds. The molecule has 35 heavy (non-hydrogen) atoms. The minimum atomic E-state index is -0.136. The van der Waals surface area contributed by atoms with Crippen LogP contribution in [0.4, 0.5) is 11.5 Å². The van der Waals surface area contributed by atoms with Gasteiger partial charge < -0.3 is 15.5 Å². The van der Waals surface area contributed by atoms with Gasteiger partial charge in [-0.15, -0.1) is 0 Å². The zero-order valence-corrected chi connectivity index (χ0v) is 22.1. The van der Waals surface area contributed by atoms with Gasteiger partial charge in [0.05, 0.1) is 5.52 Å². The number of pyridine rings is 1. The van der Waals surface area contributed by atoms with Crippen molar-refractivity contribution in [2.24, 2.45) is 23.7 Å². The van der Waals surface area contributed by atoms with Crippen molar-refractivity contribution in [1.29, 1.82) is 0 Å². The van der Waals surface area contributed by atoms with E-state index in [1.54, 1.807) is 0 Å². The maximum atomic E-state index is 12.6. The number of hydrogen-bond donors (Lipinski definition) is 2. The predicted molar refractivity (Wildman–Crippen MR) is 144 cm³/mol. The molecule has 0 spiro atoms. The number of carbonyl (C=O) groups is 2. The average Bonchev–Trinajstić information content (AvgIpc) is 2.80. The summed E-state index contributed by atoms with van der Waals surface area (Å²) in [6.07, 6.45) is 5.09. The number of fused-ring (bicyclic) bond motifs is 1. The van der Waals surface area contributed by atoms with E-state index in [0.29, 0.717) is 23.7 Å². The number of carbonyl (C=O) groups excluding carboxylic acids is 2. The van der Waals surface area contributed by atoms with E-state index in [4.69, 9.17) is 4.98 Å². The maximum absolute atomic E-state index is 12.6. The quantitative estimate of drug-likeness (QED) is 0.560. The number of nitrogens with one attached hydrogen (secondary N) is 2. The normalized spacial score (nSPS) is 27.0. The number of benzene rings is 1. The van der Waals surface area contributed by atoms with Crippen molar-refractivity contribution < 1.29 is 9.59 Å². The minimum absolute atomic E-state index is 0.0291. The van der Waals surface area contributed by atoms with Gasteiger partial charge in [0.15, 0.2) is 0 Å². The van der Waals surface area contributed by atoms with E-state index in [0.717, 1.165) is 53.9 Å². The summed E-state index contributed by atoms with van der Waals surface area (Å²) in [6, 6.07) is 8.27. The van der Waals surface area contributed by atoms with Gasteiger partial charge in [0.25, 0.3) is 0 Å². The number of rotatable bonds is 6. The Balaban J connectivity index is 1.34. The summed E-state index contributed by atoms with van der Waals surface area (Å²) in [4.78, 5) is 32.3. The average molecular weight is 479 g/mol. The van der Waals surface area contributed by atoms with Crippen LogP contribution in [0.1, 0.15) is 71.8 Å². The van der Waals surface area contributed by atoms with Gasteiger partial charge in [0, 0.05) is 43.0 Å². The lowest BCUT2D eigenvalue weighted by Gasteiger charge is -2.36. The Morgan fingerprint density at radius 1 is 1.00 bits per heavy atom. The number of piperidine rings is 1. The second kappa shape index (κ2) is 11.0. The molecule has 1 saturated heterocycles. The Morgan fingerprint density at radius 3 is 2.46 bits per heavy atom. The smallest absolute Gasteiger partial charge is 0.224 e. The molecule has 2 fully saturated rings. The van der Waals surface area contributed by atoms with Crippen LogP contribution in [0.2, 0.25) is 0 Å². The molecule has 2 heterocycles. The summed E-state index contributed by atoms with van der Waals surface area (Å²) in [5.74, 6) is 3.33. The van der Waals surface area contributed by atoms with Crippen molar-refractivity contribution in [2.45, 2.75) is 79.2 Å². The van der Waals surface area contributed by atoms with E-state index in [1.807, 2.05) is 18.2 Å². The standard InChI is InChI=1S/C29H42N4O2/c1-18-13-19(2)17-33(16-18)27-14-21(4)24-15-23(9-10-26(24)31-27)30-28(34)11-12-29(35)32-25-8-6-7-20(3)22(25)5/h9-10,14-15,18-20,22,25H,6-8,11-13,16-17H2,1-5H3,(H,30,34)(H,32,35). The molecule has 5 atom stereocenters. The first kappa shape index (κ1) is 25.5. The number of aryl methyl sites for hydroxylation is 1. The highest BCUT2D eigenvalue weighted by molar-refractivity contribution is 5.96. The Kier molecular flexibility index (Phi) is 7.98. The van der Waals surface area contributed by atoms with E-state index >= 15 is 0 Å². The number of anilines is 2. The molecule has 4 rings (SSSR count). The summed E-state index contributed by atoms with van der Waals surface area (Å²) < 4.78 is 0. The molecule has 0 radical (unpaired) electrons. The van der Waals surface area contributed by atoms with Crippen LogP contribution >= 0.6 is 0 Å². The zero-order chi connectivity index (χ0) is 25.1. The van der Waals surface area contributed by atoms with E-state index in [2.05, 4.69) is 56.2 Å². The van der Waals surface area contributed by atoms with Crippen LogP contribution in [0.15, 0.2) is 24.3 Å². The number of nitrogens with zero attached hydrogens (tertiary/aromatic N) is 2. The summed E-state index contributed by atoms with van der Waals surface area (Å²) >= 11 is 0. The minimum Gasteiger partial charge on any atom is -0.356 e. The summed E-state index contributed by atoms with van der Waals surface area (Å²) in [7, 11) is 0. The van der Waals surface area contributed by atoms with Crippen molar-refractivity contribution >= 4 is 34.2 Å². The number of aromatic nitrogens is 1. The van der Waals surface area contributed by atoms with Crippen LogP contribution in [0, 0.1) is 30.6 Å². The highest BCUT2D eigenvalue weighted by Gasteiger charge is 2.28. The highest BCUT2D eigenvalue weighted by Crippen LogP contribution is 2.30. The highest BCUT2D eigenvalue weighted by atomic mass is 16.2. The van der Waals surface area contributed by atoms with Crippen molar-refractivity contribution in [1.82, 2.24) is 10.3 Å². The first-order valence-electron chi connectivity index (χ1n) is 13.4. The van der Waals surface area contributed by atoms with Gasteiger partial charge >= 0.3 is 0 Å². The van der Waals surface area contributed by atoms with Gasteiger partial charge in [0.2, 0.25) is 11.8 Å². The number of amides is 2. The molecule has 1 aliphatic heterocycles. The summed E-state index contributed by atoms with van der Waals surface area (Å²) in [6.45, 7) is 13.3. The second-order valence-corrected chi connectivity index (χ2v) is 11.4. The lowest BCUT2D eigenvalue weighted by atomic mass is 9.78. The van der Waals surface area contributed by atoms with Gasteiger partial charge in [-0.2, -0.15) is 0 Å². The molecular weight excluding hydrogens is 436 g/mol. The molecule has 6 heteroatoms. The van der Waals surface area contributed by atoms with Gasteiger partial charge in [-0.1, -0.05) is 40.5 Å². The molecule has 2 aromatic rings. The monoisotopic (exact) mass is 478 g/mol. The lowest BCUT2D eigenvalue weighted by molar-refractivity contribution is -0.125. The van der Waals surface area contributed by atoms with Crippen molar-refractivity contribution in [3.63, 3.8) is 0 Å². The molecule has 5 unspecified atom stereocenters. The topological polar surface area (TPSA) is 74.3 Å². The molecule has 2 N–H and O–H groups in total. The van der Waals surface area contributed by atoms with Gasteiger partial charge in [-0.3, -0.25) is 9.59 Å². The van der Waals surface area contributed by atoms with E-state index in [9.17, 15) is 9.59 Å². The fraction of sp³-hybridized carbons (Fsp3) is 0.621. The molecule has 2 aliphatic rings. The fourth-order valence-electron chi connectivity index (χ4n) is 5.98. The second-order valence-electron chi connectivity index (χ2n) is 11.4. The van der Waals surface area contributed by atoms with Crippen LogP contribution in [-0.4, -0.2) is 35.9 Å². The number of hydrogen-bond acceptors (Lipinski definition) is 4. The third-order valence-corrected chi connectivity index (χ3v) is 8.11. The van der Waals surface area contributed by atoms with Crippen LogP contribution in [0.5, 0.6) is 0 Å². The van der Waals surface area contributed by atoms with Crippen molar-refractivity contribution in [3.8, 4) is 0 Å². The predicted octanol–water partition coefficient (Wildman–Crippen LogP) is 5.69. The van der Waals surface area contributed by atoms with Crippen molar-refractivity contribution in [2.75, 3.05) is 23.3 Å². The SMILES string of the molecule is Cc1cc(N2CC(C)CC(C)C2)nc2ccc(NC(=O)CCC(=O)NC3CCCC(C)C3C)cc12. The maximum Gasteiger partial charge on any atom is 0.224 e. The van der Waals surface area contributed by atoms with E-state index in [1.165, 1.54) is 12.8 Å². The summed E-state index contributed by atoms with van der Waals surface area (Å²) in [5.41, 5.74) is 2.84. The third kappa shape index (κ3) is 6.33. The molecule has 1 aromatic heterocycles. The van der Waals surface area contributed by atoms with E-state index in [-0.39, 0.29) is 30.7 Å². The lowest BCUT2D eigenvalue weighted by Crippen LogP contribution is -2.43. The molecule has 6 nitrogen and oxygen atoms in total. The van der Waals surface area contributed by atoms with Crippen LogP contribution in [0.3, 0.4) is 0 Å². The van der Waals surface area contributed by atoms with Crippen LogP contribution in [0.25, 0.3) is 10.9 Å². The molecule has 0 bridgehead atoms. The van der Waals surface area contributed by atoms with E-state index < -0.39 is 0 Å². The largest absolute Gasteiger partial charge is 0.356 e.